The van der Waals surface area contributed by atoms with E-state index in [0.29, 0.717) is 110 Å². The highest BCUT2D eigenvalue weighted by Crippen LogP contribution is 2.56. The van der Waals surface area contributed by atoms with Crippen LogP contribution in [-0.4, -0.2) is 120 Å². The van der Waals surface area contributed by atoms with Crippen LogP contribution in [-0.2, 0) is 33.6 Å². The van der Waals surface area contributed by atoms with Crippen molar-refractivity contribution in [3.63, 3.8) is 0 Å². The number of aliphatic carboxylic acids is 1. The Hall–Kier alpha value is -5.54. The first-order chi connectivity index (χ1) is 37.4. The number of carbonyl (C=O) groups is 1. The first kappa shape index (κ1) is 58.1. The molecule has 1 aromatic heterocycles. The van der Waals surface area contributed by atoms with Crippen molar-refractivity contribution in [1.82, 2.24) is 9.47 Å². The van der Waals surface area contributed by atoms with Crippen LogP contribution < -0.4 is 25.1 Å². The van der Waals surface area contributed by atoms with Gasteiger partial charge in [-0.2, -0.15) is 13.2 Å². The summed E-state index contributed by atoms with van der Waals surface area (Å²) in [5.74, 6) is -1.47. The van der Waals surface area contributed by atoms with Crippen LogP contribution in [0.1, 0.15) is 44.8 Å². The Morgan fingerprint density at radius 3 is 2.06 bits per heavy atom. The zero-order valence-corrected chi connectivity index (χ0v) is 48.1. The van der Waals surface area contributed by atoms with E-state index in [2.05, 4.69) is 15.1 Å². The van der Waals surface area contributed by atoms with Crippen LogP contribution in [0.5, 0.6) is 0 Å². The molecule has 5 aromatic carbocycles. The van der Waals surface area contributed by atoms with Gasteiger partial charge in [0, 0.05) is 95.1 Å². The maximum Gasteiger partial charge on any atom is 0.501 e. The highest BCUT2D eigenvalue weighted by molar-refractivity contribution is 7.99. The van der Waals surface area contributed by atoms with E-state index < -0.39 is 61.3 Å². The molecule has 2 atom stereocenters. The number of sulfone groups is 2. The summed E-state index contributed by atoms with van der Waals surface area (Å²) in [5, 5.41) is 12.9. The normalized spacial score (nSPS) is 18.4. The van der Waals surface area contributed by atoms with Crippen LogP contribution in [0.15, 0.2) is 130 Å². The number of hydrogen-bond acceptors (Lipinski definition) is 12. The minimum absolute atomic E-state index is 0.0478. The summed E-state index contributed by atoms with van der Waals surface area (Å²) in [4.78, 5) is 17.8. The lowest BCUT2D eigenvalue weighted by Gasteiger charge is -2.37. The molecule has 79 heavy (non-hydrogen) atoms. The van der Waals surface area contributed by atoms with Crippen LogP contribution in [0.4, 0.5) is 40.3 Å². The summed E-state index contributed by atoms with van der Waals surface area (Å²) < 4.78 is 138. The third-order valence-electron chi connectivity index (χ3n) is 14.8. The van der Waals surface area contributed by atoms with Gasteiger partial charge in [-0.1, -0.05) is 41.9 Å². The molecular weight excluding hydrogens is 1120 g/mol. The largest absolute Gasteiger partial charge is 0.501 e. The number of rotatable bonds is 18. The summed E-state index contributed by atoms with van der Waals surface area (Å²) in [6, 6.07) is 30.9. The van der Waals surface area contributed by atoms with Crippen molar-refractivity contribution in [3.05, 3.63) is 132 Å². The van der Waals surface area contributed by atoms with E-state index in [-0.39, 0.29) is 35.1 Å². The van der Waals surface area contributed by atoms with Crippen molar-refractivity contribution >= 4 is 84.6 Å². The molecule has 3 aliphatic rings. The molecule has 3 aliphatic heterocycles. The summed E-state index contributed by atoms with van der Waals surface area (Å²) in [6.45, 7) is 9.27. The van der Waals surface area contributed by atoms with E-state index in [1.165, 1.54) is 40.7 Å². The summed E-state index contributed by atoms with van der Waals surface area (Å²) >= 11 is 7.72. The lowest BCUT2D eigenvalue weighted by Crippen LogP contribution is -2.46. The number of nitrogens with one attached hydrogen (secondary N) is 1. The second-order valence-electron chi connectivity index (χ2n) is 20.4. The number of nitrogens with zero attached hydrogens (tertiary/aromatic N) is 5. The van der Waals surface area contributed by atoms with Gasteiger partial charge in [0.05, 0.1) is 40.7 Å². The average Bonchev–Trinajstić information content (AvgIpc) is 4.17. The monoisotopic (exact) mass is 1180 g/mol. The number of carboxylic acid groups (broad SMARTS) is 1. The Morgan fingerprint density at radius 2 is 1.46 bits per heavy atom. The van der Waals surface area contributed by atoms with Gasteiger partial charge < -0.3 is 34.2 Å². The summed E-state index contributed by atoms with van der Waals surface area (Å²) in [6.07, 6.45) is 2.49. The number of carboxylic acids is 1. The molecule has 3 saturated heterocycles. The zero-order valence-electron chi connectivity index (χ0n) is 44.0. The molecule has 0 aliphatic carbocycles. The molecular formula is C56H62ClF4N6O8PS3. The Bertz CT molecular complexity index is 3470. The van der Waals surface area contributed by atoms with Crippen molar-refractivity contribution in [3.8, 4) is 22.4 Å². The van der Waals surface area contributed by atoms with E-state index in [4.69, 9.17) is 16.1 Å². The lowest BCUT2D eigenvalue weighted by atomic mass is 9.97. The Kier molecular flexibility index (Phi) is 17.3. The number of aromatic nitrogens is 1. The highest BCUT2D eigenvalue weighted by Gasteiger charge is 2.50. The number of likely N-dealkylation sites (tertiary alicyclic amines) is 1. The minimum atomic E-state index is -6.00. The Morgan fingerprint density at radius 1 is 0.823 bits per heavy atom. The number of piperidine rings is 1. The van der Waals surface area contributed by atoms with E-state index in [1.54, 1.807) is 31.2 Å². The van der Waals surface area contributed by atoms with Crippen LogP contribution in [0.2, 0.25) is 5.02 Å². The van der Waals surface area contributed by atoms with Gasteiger partial charge in [0.25, 0.3) is 9.84 Å². The Balaban J connectivity index is 0.934. The first-order valence-electron chi connectivity index (χ1n) is 25.9. The summed E-state index contributed by atoms with van der Waals surface area (Å²) in [7, 11) is -14.0. The lowest BCUT2D eigenvalue weighted by molar-refractivity contribution is -0.143. The standard InChI is InChI=1S/C56H62ClF4N6O8PS3/c1-37(2)67-38(3)54(78(4,71)72)52(53(67)39-10-12-42(57)13-11-39)41-32-43(58)34-47(33-41)65-28-26-64(27-29-65)45-14-16-46(17-15-45)66-30-31-75-76(66,70)48-18-19-50(51(35-48)79(73,74)56(59,60)61)62-44(36-77-49-8-6-5-7-9-49)22-25-63-23-20-40(21-24-63)55(68)69/h5-19,32-35,37,40,44,62H,20-31,36H2,1-4H3,(H,68,69)/t44-,76-/m1/s1. The van der Waals surface area contributed by atoms with Crippen LogP contribution in [0, 0.1) is 18.7 Å². The number of thioether (sulfide) groups is 1. The quantitative estimate of drug-likeness (QED) is 0.0475. The van der Waals surface area contributed by atoms with E-state index in [1.807, 2.05) is 84.0 Å². The zero-order chi connectivity index (χ0) is 56.6. The molecule has 0 saturated carbocycles. The summed E-state index contributed by atoms with van der Waals surface area (Å²) in [5.41, 5.74) is -1.44. The maximum absolute atomic E-state index is 15.9. The molecule has 0 spiro atoms. The molecule has 0 bridgehead atoms. The van der Waals surface area contributed by atoms with E-state index in [0.717, 1.165) is 28.5 Å². The van der Waals surface area contributed by atoms with Crippen molar-refractivity contribution in [2.24, 2.45) is 5.92 Å². The molecule has 14 nitrogen and oxygen atoms in total. The van der Waals surface area contributed by atoms with Gasteiger partial charge in [-0.05, 0) is 149 Å². The molecule has 6 aromatic rings. The van der Waals surface area contributed by atoms with Crippen LogP contribution >= 0.6 is 30.9 Å². The van der Waals surface area contributed by atoms with Crippen LogP contribution in [0.25, 0.3) is 22.4 Å². The van der Waals surface area contributed by atoms with Gasteiger partial charge >= 0.3 is 19.0 Å². The van der Waals surface area contributed by atoms with Crippen LogP contribution in [0.3, 0.4) is 0 Å². The smallest absolute Gasteiger partial charge is 0.481 e. The SMILES string of the molecule is Cc1c(S(C)(=O)=O)c(-c2cc(F)cc(N3CCN(c4ccc(N5CCO[P@]5(=O)c5ccc(N[C@H](CCN6CCC(C(=O)O)CC6)CSc6ccccc6)c(S(=O)(=O)C(F)(F)F)c5)cc4)CC3)c2)c(-c2ccc(Cl)cc2)n1C(C)C. The Labute approximate surface area is 468 Å². The molecule has 9 rings (SSSR count). The van der Waals surface area contributed by atoms with Gasteiger partial charge in [-0.15, -0.1) is 11.8 Å². The second kappa shape index (κ2) is 23.5. The van der Waals surface area contributed by atoms with Crippen molar-refractivity contribution in [1.29, 1.82) is 0 Å². The van der Waals surface area contributed by atoms with Gasteiger partial charge in [0.1, 0.15) is 10.7 Å². The molecule has 3 fully saturated rings. The van der Waals surface area contributed by atoms with Gasteiger partial charge in [0.15, 0.2) is 9.84 Å². The fourth-order valence-corrected chi connectivity index (χ4v) is 16.5. The first-order valence-corrected chi connectivity index (χ1v) is 32.2. The third-order valence-corrected chi connectivity index (χ3v) is 21.5. The van der Waals surface area contributed by atoms with Gasteiger partial charge in [-0.25, -0.2) is 21.2 Å². The second-order valence-corrected chi connectivity index (χ2v) is 28.1. The molecule has 422 valence electrons. The molecule has 4 heterocycles. The third kappa shape index (κ3) is 12.5. The highest BCUT2D eigenvalue weighted by atomic mass is 35.5. The number of alkyl halides is 3. The maximum atomic E-state index is 15.9. The molecule has 2 N–H and O–H groups in total. The fourth-order valence-electron chi connectivity index (χ4n) is 10.9. The topological polar surface area (TPSA) is 162 Å². The number of benzene rings is 5. The predicted octanol–water partition coefficient (Wildman–Crippen LogP) is 11.6. The van der Waals surface area contributed by atoms with Crippen molar-refractivity contribution in [2.75, 3.05) is 90.8 Å². The molecule has 0 radical (unpaired) electrons. The minimum Gasteiger partial charge on any atom is -0.481 e. The average molecular weight is 1190 g/mol. The molecule has 0 unspecified atom stereocenters. The fraction of sp³-hybridized carbons (Fsp3) is 0.375. The molecule has 23 heteroatoms. The number of anilines is 4. The van der Waals surface area contributed by atoms with Crippen molar-refractivity contribution < 1.29 is 53.4 Å². The number of piperazine rings is 1. The van der Waals surface area contributed by atoms with E-state index >= 15 is 8.96 Å². The van der Waals surface area contributed by atoms with Gasteiger partial charge in [-0.3, -0.25) is 14.0 Å². The van der Waals surface area contributed by atoms with Gasteiger partial charge in [0.2, 0.25) is 0 Å². The molecule has 0 amide bonds. The van der Waals surface area contributed by atoms with Crippen molar-refractivity contribution in [2.45, 2.75) is 72.3 Å². The number of halogens is 5. The van der Waals surface area contributed by atoms with E-state index in [9.17, 15) is 39.9 Å². The predicted molar refractivity (Wildman–Crippen MR) is 306 cm³/mol. The number of hydrogen-bond donors (Lipinski definition) is 2.